The summed E-state index contributed by atoms with van der Waals surface area (Å²) in [5, 5.41) is 30.5. The Morgan fingerprint density at radius 3 is 2.63 bits per heavy atom. The predicted octanol–water partition coefficient (Wildman–Crippen LogP) is 3.47. The van der Waals surface area contributed by atoms with Gasteiger partial charge in [-0.1, -0.05) is 36.4 Å². The number of nitrogens with one attached hydrogen (secondary N) is 2. The number of thioether (sulfide) groups is 1. The van der Waals surface area contributed by atoms with Crippen molar-refractivity contribution < 1.29 is 43.5 Å². The number of hydrogen-bond donors (Lipinski definition) is 4. The summed E-state index contributed by atoms with van der Waals surface area (Å²) in [6.45, 7) is 5.42. The van der Waals surface area contributed by atoms with Crippen molar-refractivity contribution in [3.05, 3.63) is 75.3 Å². The van der Waals surface area contributed by atoms with Gasteiger partial charge in [0, 0.05) is 47.5 Å². The van der Waals surface area contributed by atoms with Crippen LogP contribution < -0.4 is 29.6 Å². The maximum atomic E-state index is 13.7. The summed E-state index contributed by atoms with van der Waals surface area (Å²) in [5.74, 6) is 1.18. The number of phenolic OH excluding ortho intramolecular Hbond substituents is 1. The number of phenols is 1. The fourth-order valence-electron chi connectivity index (χ4n) is 8.36. The van der Waals surface area contributed by atoms with Crippen LogP contribution in [0.2, 0.25) is 0 Å². The van der Waals surface area contributed by atoms with Gasteiger partial charge in [-0.3, -0.25) is 19.8 Å². The molecule has 2 fully saturated rings. The van der Waals surface area contributed by atoms with Crippen LogP contribution in [0.1, 0.15) is 63.2 Å². The fourth-order valence-corrected chi connectivity index (χ4v) is 9.91. The number of piperazine rings is 1. The first kappa shape index (κ1) is 32.2. The number of rotatable bonds is 5. The van der Waals surface area contributed by atoms with Gasteiger partial charge in [0.15, 0.2) is 23.0 Å². The summed E-state index contributed by atoms with van der Waals surface area (Å²) in [6.07, 6.45) is -0.538. The first-order valence-electron chi connectivity index (χ1n) is 16.5. The van der Waals surface area contributed by atoms with Crippen LogP contribution in [0.5, 0.6) is 28.7 Å². The van der Waals surface area contributed by atoms with Gasteiger partial charge in [-0.15, -0.1) is 11.8 Å². The number of hydrogen-bond acceptors (Lipinski definition) is 13. The maximum Gasteiger partial charge on any atom is 0.324 e. The Hall–Kier alpha value is -4.01. The minimum Gasteiger partial charge on any atom is -0.504 e. The van der Waals surface area contributed by atoms with Gasteiger partial charge in [0.2, 0.25) is 6.79 Å². The molecule has 0 aromatic heterocycles. The normalized spacial score (nSPS) is 28.2. The van der Waals surface area contributed by atoms with Crippen molar-refractivity contribution in [3.8, 4) is 28.7 Å². The first-order valence-corrected chi connectivity index (χ1v) is 17.5. The van der Waals surface area contributed by atoms with Crippen LogP contribution in [0, 0.1) is 13.8 Å². The Kier molecular flexibility index (Phi) is 8.15. The second-order valence-electron chi connectivity index (χ2n) is 13.2. The van der Waals surface area contributed by atoms with E-state index in [-0.39, 0.29) is 19.1 Å². The lowest BCUT2D eigenvalue weighted by Crippen LogP contribution is -2.69. The molecule has 49 heavy (non-hydrogen) atoms. The van der Waals surface area contributed by atoms with E-state index in [1.165, 1.54) is 25.8 Å². The molecule has 13 heteroatoms. The lowest BCUT2D eigenvalue weighted by atomic mass is 9.74. The zero-order valence-electron chi connectivity index (χ0n) is 27.6. The molecule has 4 bridgehead atoms. The molecule has 6 heterocycles. The van der Waals surface area contributed by atoms with Crippen molar-refractivity contribution in [2.24, 2.45) is 0 Å². The zero-order valence-corrected chi connectivity index (χ0v) is 28.5. The SMILES string of the molecule is COc1c(C)cc2c(c1O)[C@@H]1N[C@H](C2)[C@H](O)N2C1[C@@H]1SC[C@H](NCc3ccccc3)C(=O)OC[C@H]2c2c3c(c(C)c(OC(C)=O)c21)OCO3. The zero-order chi connectivity index (χ0) is 34.1. The highest BCUT2D eigenvalue weighted by molar-refractivity contribution is 7.99. The van der Waals surface area contributed by atoms with Crippen LogP contribution in [0.15, 0.2) is 36.4 Å². The van der Waals surface area contributed by atoms with E-state index in [2.05, 4.69) is 10.6 Å². The third kappa shape index (κ3) is 5.13. The Morgan fingerprint density at radius 1 is 1.10 bits per heavy atom. The van der Waals surface area contributed by atoms with Gasteiger partial charge in [-0.05, 0) is 37.0 Å². The average molecular weight is 690 g/mol. The summed E-state index contributed by atoms with van der Waals surface area (Å²) in [7, 11) is 1.54. The molecule has 0 aliphatic carbocycles. The number of ether oxygens (including phenoxy) is 5. The number of aliphatic hydroxyl groups is 1. The van der Waals surface area contributed by atoms with Crippen LogP contribution >= 0.6 is 11.8 Å². The lowest BCUT2D eigenvalue weighted by Gasteiger charge is -2.59. The Morgan fingerprint density at radius 2 is 1.88 bits per heavy atom. The average Bonchev–Trinajstić information content (AvgIpc) is 3.58. The van der Waals surface area contributed by atoms with Gasteiger partial charge in [0.1, 0.15) is 24.6 Å². The van der Waals surface area contributed by atoms with Crippen molar-refractivity contribution in [2.45, 2.75) is 75.4 Å². The van der Waals surface area contributed by atoms with Gasteiger partial charge in [-0.25, -0.2) is 0 Å². The lowest BCUT2D eigenvalue weighted by molar-refractivity contribution is -0.160. The number of esters is 2. The van der Waals surface area contributed by atoms with E-state index in [0.29, 0.717) is 58.4 Å². The van der Waals surface area contributed by atoms with E-state index >= 15 is 0 Å². The molecular formula is C36H39N3O9S. The minimum absolute atomic E-state index is 0.0267. The molecule has 7 atom stereocenters. The molecule has 6 aliphatic heterocycles. The second kappa shape index (κ2) is 12.4. The highest BCUT2D eigenvalue weighted by Gasteiger charge is 2.58. The quantitative estimate of drug-likeness (QED) is 0.229. The monoisotopic (exact) mass is 689 g/mol. The van der Waals surface area contributed by atoms with Crippen LogP contribution in [-0.2, 0) is 27.3 Å². The molecule has 9 rings (SSSR count). The molecule has 4 N–H and O–H groups in total. The molecule has 6 aliphatic rings. The molecule has 12 nitrogen and oxygen atoms in total. The van der Waals surface area contributed by atoms with Crippen LogP contribution in [-0.4, -0.2) is 77.7 Å². The number of fused-ring (bicyclic) bond motifs is 10. The molecule has 0 amide bonds. The number of benzene rings is 3. The van der Waals surface area contributed by atoms with Crippen LogP contribution in [0.25, 0.3) is 0 Å². The number of methoxy groups -OCH3 is 1. The smallest absolute Gasteiger partial charge is 0.324 e. The third-order valence-corrected chi connectivity index (χ3v) is 11.8. The fraction of sp³-hybridized carbons (Fsp3) is 0.444. The largest absolute Gasteiger partial charge is 0.504 e. The molecule has 0 radical (unpaired) electrons. The molecule has 0 spiro atoms. The van der Waals surface area contributed by atoms with Crippen molar-refractivity contribution in [1.29, 1.82) is 0 Å². The van der Waals surface area contributed by atoms with E-state index in [4.69, 9.17) is 23.7 Å². The summed E-state index contributed by atoms with van der Waals surface area (Å²) in [6, 6.07) is 9.15. The number of nitrogens with zero attached hydrogens (tertiary/aromatic N) is 1. The van der Waals surface area contributed by atoms with Crippen molar-refractivity contribution in [3.63, 3.8) is 0 Å². The second-order valence-corrected chi connectivity index (χ2v) is 14.4. The van der Waals surface area contributed by atoms with Crippen molar-refractivity contribution in [2.75, 3.05) is 26.3 Å². The number of aryl methyl sites for hydroxylation is 1. The molecule has 2 saturated heterocycles. The van der Waals surface area contributed by atoms with Crippen LogP contribution in [0.4, 0.5) is 0 Å². The third-order valence-electron chi connectivity index (χ3n) is 10.4. The van der Waals surface area contributed by atoms with Crippen molar-refractivity contribution >= 4 is 23.7 Å². The van der Waals surface area contributed by atoms with Gasteiger partial charge in [0.05, 0.1) is 30.5 Å². The summed E-state index contributed by atoms with van der Waals surface area (Å²) in [4.78, 5) is 28.4. The van der Waals surface area contributed by atoms with E-state index in [0.717, 1.165) is 22.3 Å². The van der Waals surface area contributed by atoms with E-state index in [1.54, 1.807) is 0 Å². The highest BCUT2D eigenvalue weighted by atomic mass is 32.2. The minimum atomic E-state index is -0.998. The highest BCUT2D eigenvalue weighted by Crippen LogP contribution is 2.62. The van der Waals surface area contributed by atoms with E-state index in [9.17, 15) is 19.8 Å². The van der Waals surface area contributed by atoms with Crippen molar-refractivity contribution in [1.82, 2.24) is 15.5 Å². The number of aromatic hydroxyl groups is 1. The van der Waals surface area contributed by atoms with Gasteiger partial charge in [-0.2, -0.15) is 0 Å². The molecule has 258 valence electrons. The first-order chi connectivity index (χ1) is 23.7. The summed E-state index contributed by atoms with van der Waals surface area (Å²) in [5.41, 5.74) is 5.48. The summed E-state index contributed by atoms with van der Waals surface area (Å²) < 4.78 is 29.8. The maximum absolute atomic E-state index is 13.7. The molecule has 3 aromatic rings. The molecule has 0 saturated carbocycles. The van der Waals surface area contributed by atoms with Crippen LogP contribution in [0.3, 0.4) is 0 Å². The molecule has 3 aromatic carbocycles. The Labute approximate surface area is 288 Å². The molecular weight excluding hydrogens is 650 g/mol. The Bertz CT molecular complexity index is 1840. The van der Waals surface area contributed by atoms with Gasteiger partial charge >= 0.3 is 11.9 Å². The Balaban J connectivity index is 1.32. The van der Waals surface area contributed by atoms with E-state index < -0.39 is 53.6 Å². The molecule has 1 unspecified atom stereocenters. The van der Waals surface area contributed by atoms with Gasteiger partial charge < -0.3 is 39.2 Å². The van der Waals surface area contributed by atoms with E-state index in [1.807, 2.05) is 55.1 Å². The standard InChI is InChI=1S/C36H39N3O9S/c1-16-10-20-11-21-35(42)39-23-13-45-36(43)22(37-12-19-8-6-5-7-9-19)14-49-34(28(39)27(38-21)24(20)29(41)30(16)44-4)26-25(23)33-32(46-15-47-33)17(2)31(26)48-18(3)40/h5-10,21-23,27-28,34-35,37-38,41-42H,11-15H2,1-4H3/t21-,22+,23+,27+,28?,34-,35+/m1/s1. The summed E-state index contributed by atoms with van der Waals surface area (Å²) >= 11 is 1.51. The number of aliphatic hydroxyl groups excluding tert-OH is 1. The number of carbonyl (C=O) groups excluding carboxylic acids is 2. The topological polar surface area (TPSA) is 148 Å². The predicted molar refractivity (Wildman–Crippen MR) is 179 cm³/mol. The number of carbonyl (C=O) groups is 2. The van der Waals surface area contributed by atoms with Gasteiger partial charge in [0.25, 0.3) is 0 Å².